The molecule has 1 aromatic rings. The molecular weight excluding hydrogens is 231 g/mol. The van der Waals surface area contributed by atoms with E-state index in [-0.39, 0.29) is 18.5 Å². The quantitative estimate of drug-likeness (QED) is 0.853. The highest BCUT2D eigenvalue weighted by Crippen LogP contribution is 2.26. The summed E-state index contributed by atoms with van der Waals surface area (Å²) in [5.41, 5.74) is 6.97. The van der Waals surface area contributed by atoms with Crippen molar-refractivity contribution in [1.82, 2.24) is 4.90 Å². The van der Waals surface area contributed by atoms with Gasteiger partial charge in [0.1, 0.15) is 5.82 Å². The molecule has 0 spiro atoms. The molecule has 100 valence electrons. The Morgan fingerprint density at radius 3 is 2.89 bits per heavy atom. The topological polar surface area (TPSA) is 49.5 Å². The maximum absolute atomic E-state index is 13.9. The lowest BCUT2D eigenvalue weighted by Crippen LogP contribution is -2.34. The zero-order valence-electron chi connectivity index (χ0n) is 10.8. The molecule has 1 aliphatic heterocycles. The SMILES string of the molecule is CC1CCN(Cc2ccc(CN)cc2F)C1CO. The Bertz CT molecular complexity index is 411. The lowest BCUT2D eigenvalue weighted by atomic mass is 10.0. The van der Waals surface area contributed by atoms with Gasteiger partial charge in [-0.05, 0) is 30.5 Å². The molecule has 0 bridgehead atoms. The summed E-state index contributed by atoms with van der Waals surface area (Å²) in [6.07, 6.45) is 1.06. The van der Waals surface area contributed by atoms with Crippen LogP contribution in [0.25, 0.3) is 0 Å². The van der Waals surface area contributed by atoms with Gasteiger partial charge in [0.25, 0.3) is 0 Å². The molecule has 2 unspecified atom stereocenters. The Hall–Kier alpha value is -0.970. The van der Waals surface area contributed by atoms with Crippen molar-refractivity contribution in [3.05, 3.63) is 35.1 Å². The summed E-state index contributed by atoms with van der Waals surface area (Å²) < 4.78 is 13.9. The zero-order valence-corrected chi connectivity index (χ0v) is 10.8. The highest BCUT2D eigenvalue weighted by atomic mass is 19.1. The highest BCUT2D eigenvalue weighted by molar-refractivity contribution is 5.24. The van der Waals surface area contributed by atoms with E-state index in [1.165, 1.54) is 6.07 Å². The second-order valence-corrected chi connectivity index (χ2v) is 5.12. The van der Waals surface area contributed by atoms with Gasteiger partial charge in [0.15, 0.2) is 0 Å². The molecule has 0 amide bonds. The lowest BCUT2D eigenvalue weighted by Gasteiger charge is -2.25. The molecule has 3 N–H and O–H groups in total. The first-order valence-corrected chi connectivity index (χ1v) is 6.48. The first-order chi connectivity index (χ1) is 8.65. The Morgan fingerprint density at radius 2 is 2.28 bits per heavy atom. The second-order valence-electron chi connectivity index (χ2n) is 5.12. The Labute approximate surface area is 107 Å². The average Bonchev–Trinajstić information content (AvgIpc) is 2.72. The van der Waals surface area contributed by atoms with Gasteiger partial charge in [-0.3, -0.25) is 4.90 Å². The maximum Gasteiger partial charge on any atom is 0.128 e. The molecule has 0 radical (unpaired) electrons. The van der Waals surface area contributed by atoms with E-state index in [9.17, 15) is 9.50 Å². The number of nitrogens with two attached hydrogens (primary N) is 1. The zero-order chi connectivity index (χ0) is 13.1. The lowest BCUT2D eigenvalue weighted by molar-refractivity contribution is 0.133. The van der Waals surface area contributed by atoms with Gasteiger partial charge in [-0.2, -0.15) is 0 Å². The summed E-state index contributed by atoms with van der Waals surface area (Å²) >= 11 is 0. The number of aliphatic hydroxyl groups excluding tert-OH is 1. The van der Waals surface area contributed by atoms with Gasteiger partial charge >= 0.3 is 0 Å². The Morgan fingerprint density at radius 1 is 1.50 bits per heavy atom. The minimum Gasteiger partial charge on any atom is -0.395 e. The number of rotatable bonds is 4. The van der Waals surface area contributed by atoms with Crippen LogP contribution >= 0.6 is 0 Å². The Kier molecular flexibility index (Phi) is 4.32. The van der Waals surface area contributed by atoms with Crippen molar-refractivity contribution >= 4 is 0 Å². The van der Waals surface area contributed by atoms with Crippen molar-refractivity contribution in [1.29, 1.82) is 0 Å². The minimum absolute atomic E-state index is 0.143. The fourth-order valence-electron chi connectivity index (χ4n) is 2.64. The highest BCUT2D eigenvalue weighted by Gasteiger charge is 2.30. The number of hydrogen-bond donors (Lipinski definition) is 2. The van der Waals surface area contributed by atoms with E-state index in [0.717, 1.165) is 18.5 Å². The number of likely N-dealkylation sites (tertiary alicyclic amines) is 1. The van der Waals surface area contributed by atoms with E-state index in [0.29, 0.717) is 24.6 Å². The summed E-state index contributed by atoms with van der Waals surface area (Å²) in [5, 5.41) is 9.38. The van der Waals surface area contributed by atoms with Gasteiger partial charge in [0.2, 0.25) is 0 Å². The molecule has 1 saturated heterocycles. The molecular formula is C14H21FN2O. The van der Waals surface area contributed by atoms with Crippen LogP contribution in [0, 0.1) is 11.7 Å². The number of benzene rings is 1. The molecule has 1 aromatic carbocycles. The van der Waals surface area contributed by atoms with Gasteiger partial charge in [0.05, 0.1) is 6.61 Å². The van der Waals surface area contributed by atoms with Crippen LogP contribution in [0.2, 0.25) is 0 Å². The normalized spacial score (nSPS) is 24.7. The smallest absolute Gasteiger partial charge is 0.128 e. The van der Waals surface area contributed by atoms with Crippen LogP contribution in [-0.4, -0.2) is 29.2 Å². The van der Waals surface area contributed by atoms with Crippen molar-refractivity contribution in [2.45, 2.75) is 32.5 Å². The number of nitrogens with zero attached hydrogens (tertiary/aromatic N) is 1. The summed E-state index contributed by atoms with van der Waals surface area (Å²) in [6, 6.07) is 5.32. The molecule has 0 aliphatic carbocycles. The third-order valence-electron chi connectivity index (χ3n) is 3.91. The standard InChI is InChI=1S/C14H21FN2O/c1-10-4-5-17(14(10)9-18)8-12-3-2-11(7-16)6-13(12)15/h2-3,6,10,14,18H,4-5,7-9,16H2,1H3. The first kappa shape index (κ1) is 13.5. The fraction of sp³-hybridized carbons (Fsp3) is 0.571. The summed E-state index contributed by atoms with van der Waals surface area (Å²) in [7, 11) is 0. The van der Waals surface area contributed by atoms with Crippen LogP contribution in [0.5, 0.6) is 0 Å². The van der Waals surface area contributed by atoms with Gasteiger partial charge in [-0.1, -0.05) is 19.1 Å². The van der Waals surface area contributed by atoms with Crippen LogP contribution in [0.3, 0.4) is 0 Å². The van der Waals surface area contributed by atoms with E-state index < -0.39 is 0 Å². The molecule has 1 heterocycles. The molecule has 2 rings (SSSR count). The van der Waals surface area contributed by atoms with Gasteiger partial charge < -0.3 is 10.8 Å². The predicted molar refractivity (Wildman–Crippen MR) is 69.4 cm³/mol. The maximum atomic E-state index is 13.9. The monoisotopic (exact) mass is 252 g/mol. The van der Waals surface area contributed by atoms with Crippen molar-refractivity contribution < 1.29 is 9.50 Å². The van der Waals surface area contributed by atoms with E-state index in [2.05, 4.69) is 11.8 Å². The Balaban J connectivity index is 2.09. The van der Waals surface area contributed by atoms with Gasteiger partial charge in [-0.25, -0.2) is 4.39 Å². The number of halogens is 1. The number of hydrogen-bond acceptors (Lipinski definition) is 3. The van der Waals surface area contributed by atoms with Crippen molar-refractivity contribution in [2.75, 3.05) is 13.2 Å². The minimum atomic E-state index is -0.200. The summed E-state index contributed by atoms with van der Waals surface area (Å²) in [4.78, 5) is 2.16. The van der Waals surface area contributed by atoms with Gasteiger partial charge in [-0.15, -0.1) is 0 Å². The largest absolute Gasteiger partial charge is 0.395 e. The van der Waals surface area contributed by atoms with Crippen molar-refractivity contribution in [2.24, 2.45) is 11.7 Å². The number of aliphatic hydroxyl groups is 1. The predicted octanol–water partition coefficient (Wildman–Crippen LogP) is 1.49. The van der Waals surface area contributed by atoms with E-state index in [4.69, 9.17) is 5.73 Å². The van der Waals surface area contributed by atoms with E-state index in [1.54, 1.807) is 6.07 Å². The van der Waals surface area contributed by atoms with Crippen LogP contribution in [0.4, 0.5) is 4.39 Å². The average molecular weight is 252 g/mol. The molecule has 0 saturated carbocycles. The molecule has 18 heavy (non-hydrogen) atoms. The second kappa shape index (κ2) is 5.78. The summed E-state index contributed by atoms with van der Waals surface area (Å²) in [5.74, 6) is 0.274. The molecule has 2 atom stereocenters. The first-order valence-electron chi connectivity index (χ1n) is 6.48. The van der Waals surface area contributed by atoms with Crippen LogP contribution in [-0.2, 0) is 13.1 Å². The molecule has 4 heteroatoms. The van der Waals surface area contributed by atoms with Crippen LogP contribution < -0.4 is 5.73 Å². The van der Waals surface area contributed by atoms with E-state index >= 15 is 0 Å². The fourth-order valence-corrected chi connectivity index (χ4v) is 2.64. The molecule has 3 nitrogen and oxygen atoms in total. The van der Waals surface area contributed by atoms with Crippen LogP contribution in [0.15, 0.2) is 18.2 Å². The summed E-state index contributed by atoms with van der Waals surface area (Å²) in [6.45, 7) is 4.12. The molecule has 0 aromatic heterocycles. The van der Waals surface area contributed by atoms with Gasteiger partial charge in [0, 0.05) is 24.7 Å². The third-order valence-corrected chi connectivity index (χ3v) is 3.91. The molecule has 1 fully saturated rings. The van der Waals surface area contributed by atoms with Crippen LogP contribution in [0.1, 0.15) is 24.5 Å². The van der Waals surface area contributed by atoms with Crippen molar-refractivity contribution in [3.63, 3.8) is 0 Å². The third kappa shape index (κ3) is 2.71. The van der Waals surface area contributed by atoms with Crippen molar-refractivity contribution in [3.8, 4) is 0 Å². The molecule has 1 aliphatic rings. The van der Waals surface area contributed by atoms with E-state index in [1.807, 2.05) is 6.07 Å².